The van der Waals surface area contributed by atoms with Crippen LogP contribution < -0.4 is 4.74 Å². The Bertz CT molecular complexity index is 733. The van der Waals surface area contributed by atoms with Crippen molar-refractivity contribution in [1.82, 2.24) is 4.57 Å². The number of allylic oxidation sites excluding steroid dienone is 1. The largest absolute Gasteiger partial charge is 0.500 e. The molecule has 1 heterocycles. The number of nitriles is 1. The quantitative estimate of drug-likeness (QED) is 0.629. The minimum atomic E-state index is 0.146. The number of fused-ring (bicyclic) bond motifs is 1. The molecule has 1 aromatic carbocycles. The predicted molar refractivity (Wildman–Crippen MR) is 83.1 cm³/mol. The summed E-state index contributed by atoms with van der Waals surface area (Å²) in [5, 5.41) is 10.2. The van der Waals surface area contributed by atoms with E-state index in [0.717, 1.165) is 16.5 Å². The Morgan fingerprint density at radius 2 is 2.10 bits per heavy atom. The third kappa shape index (κ3) is 2.87. The van der Waals surface area contributed by atoms with Gasteiger partial charge in [-0.3, -0.25) is 0 Å². The van der Waals surface area contributed by atoms with E-state index in [9.17, 15) is 0 Å². The second-order valence-corrected chi connectivity index (χ2v) is 5.42. The molecule has 0 atom stereocenters. The van der Waals surface area contributed by atoms with E-state index in [1.807, 2.05) is 19.2 Å². The van der Waals surface area contributed by atoms with Gasteiger partial charge in [-0.1, -0.05) is 13.8 Å². The van der Waals surface area contributed by atoms with Gasteiger partial charge in [0.15, 0.2) is 0 Å². The Morgan fingerprint density at radius 1 is 1.38 bits per heavy atom. The van der Waals surface area contributed by atoms with Gasteiger partial charge in [-0.05, 0) is 36.1 Å². The van der Waals surface area contributed by atoms with Crippen LogP contribution in [0.15, 0.2) is 30.4 Å². The number of aromatic nitrogens is 1. The van der Waals surface area contributed by atoms with Gasteiger partial charge in [0.05, 0.1) is 7.11 Å². The van der Waals surface area contributed by atoms with Gasteiger partial charge in [0, 0.05) is 24.1 Å². The fraction of sp³-hybridized carbons (Fsp3) is 0.353. The minimum absolute atomic E-state index is 0.146. The normalized spacial score (nSPS) is 11.8. The van der Waals surface area contributed by atoms with E-state index in [2.05, 4.69) is 37.6 Å². The van der Waals surface area contributed by atoms with Crippen LogP contribution in [0.1, 0.15) is 30.9 Å². The Morgan fingerprint density at radius 3 is 2.67 bits per heavy atom. The number of hydrogen-bond acceptors (Lipinski definition) is 3. The van der Waals surface area contributed by atoms with Gasteiger partial charge in [-0.25, -0.2) is 0 Å². The van der Waals surface area contributed by atoms with Crippen LogP contribution in [0.3, 0.4) is 0 Å². The number of ether oxygens (including phenoxy) is 2. The fourth-order valence-corrected chi connectivity index (χ4v) is 2.46. The topological polar surface area (TPSA) is 47.2 Å². The second-order valence-electron chi connectivity index (χ2n) is 5.42. The van der Waals surface area contributed by atoms with Crippen LogP contribution in [0.2, 0.25) is 0 Å². The molecule has 0 aliphatic heterocycles. The summed E-state index contributed by atoms with van der Waals surface area (Å²) in [4.78, 5) is 0. The maximum atomic E-state index is 9.09. The number of rotatable bonds is 4. The van der Waals surface area contributed by atoms with Gasteiger partial charge in [0.1, 0.15) is 18.1 Å². The molecule has 0 fully saturated rings. The SMILES string of the molecule is COC=C(C#N)Oc1cc2c(C)cn(C)c2cc1C(C)C. The molecule has 0 aliphatic rings. The standard InChI is InChI=1S/C17H20N2O2/c1-11(2)14-6-16-15(12(3)9-19(16)4)7-17(14)21-13(8-18)10-20-5/h6-7,9-11H,1-5H3. The third-order valence-corrected chi connectivity index (χ3v) is 3.50. The number of hydrogen-bond donors (Lipinski definition) is 0. The lowest BCUT2D eigenvalue weighted by molar-refractivity contribution is 0.310. The first-order chi connectivity index (χ1) is 9.97. The highest BCUT2D eigenvalue weighted by molar-refractivity contribution is 5.86. The lowest BCUT2D eigenvalue weighted by Gasteiger charge is -2.14. The summed E-state index contributed by atoms with van der Waals surface area (Å²) in [6.45, 7) is 6.28. The van der Waals surface area contributed by atoms with Crippen LogP contribution >= 0.6 is 0 Å². The molecule has 4 heteroatoms. The number of nitrogens with zero attached hydrogens (tertiary/aromatic N) is 2. The Hall–Kier alpha value is -2.41. The molecule has 0 unspecified atom stereocenters. The van der Waals surface area contributed by atoms with E-state index >= 15 is 0 Å². The predicted octanol–water partition coefficient (Wildman–Crippen LogP) is 4.00. The summed E-state index contributed by atoms with van der Waals surface area (Å²) in [7, 11) is 3.53. The molecule has 4 nitrogen and oxygen atoms in total. The Balaban J connectivity index is 2.61. The Labute approximate surface area is 125 Å². The van der Waals surface area contributed by atoms with Crippen LogP contribution in [0.4, 0.5) is 0 Å². The molecule has 21 heavy (non-hydrogen) atoms. The molecule has 0 radical (unpaired) electrons. The van der Waals surface area contributed by atoms with Crippen molar-refractivity contribution in [2.24, 2.45) is 7.05 Å². The van der Waals surface area contributed by atoms with E-state index < -0.39 is 0 Å². The first kappa shape index (κ1) is 15.0. The molecule has 0 N–H and O–H groups in total. The number of aryl methyl sites for hydroxylation is 2. The summed E-state index contributed by atoms with van der Waals surface area (Å²) in [6, 6.07) is 6.12. The molecule has 0 spiro atoms. The zero-order valence-electron chi connectivity index (χ0n) is 13.1. The summed E-state index contributed by atoms with van der Waals surface area (Å²) in [5.41, 5.74) is 3.42. The average molecular weight is 284 g/mol. The molecule has 1 aromatic heterocycles. The van der Waals surface area contributed by atoms with E-state index in [-0.39, 0.29) is 5.76 Å². The molecule has 0 amide bonds. The molecular formula is C17H20N2O2. The first-order valence-electron chi connectivity index (χ1n) is 6.88. The molecule has 110 valence electrons. The smallest absolute Gasteiger partial charge is 0.238 e. The van der Waals surface area contributed by atoms with E-state index in [1.165, 1.54) is 18.9 Å². The van der Waals surface area contributed by atoms with Crippen LogP contribution in [-0.4, -0.2) is 11.7 Å². The highest BCUT2D eigenvalue weighted by atomic mass is 16.5. The van der Waals surface area contributed by atoms with Gasteiger partial charge in [-0.2, -0.15) is 5.26 Å². The maximum absolute atomic E-state index is 9.09. The fourth-order valence-electron chi connectivity index (χ4n) is 2.46. The van der Waals surface area contributed by atoms with Crippen LogP contribution in [0, 0.1) is 18.3 Å². The lowest BCUT2D eigenvalue weighted by Crippen LogP contribution is -2.00. The average Bonchev–Trinajstić information content (AvgIpc) is 2.72. The highest BCUT2D eigenvalue weighted by Crippen LogP contribution is 2.34. The van der Waals surface area contributed by atoms with E-state index in [4.69, 9.17) is 14.7 Å². The zero-order valence-corrected chi connectivity index (χ0v) is 13.1. The van der Waals surface area contributed by atoms with Crippen molar-refractivity contribution in [3.63, 3.8) is 0 Å². The molecular weight excluding hydrogens is 264 g/mol. The van der Waals surface area contributed by atoms with Gasteiger partial charge in [0.2, 0.25) is 5.76 Å². The summed E-state index contributed by atoms with van der Waals surface area (Å²) in [6.07, 6.45) is 3.40. The van der Waals surface area contributed by atoms with Crippen molar-refractivity contribution < 1.29 is 9.47 Å². The first-order valence-corrected chi connectivity index (χ1v) is 6.88. The van der Waals surface area contributed by atoms with Crippen molar-refractivity contribution >= 4 is 10.9 Å². The lowest BCUT2D eigenvalue weighted by atomic mass is 10.00. The molecule has 0 saturated heterocycles. The Kier molecular flexibility index (Phi) is 4.23. The maximum Gasteiger partial charge on any atom is 0.238 e. The van der Waals surface area contributed by atoms with Gasteiger partial charge in [-0.15, -0.1) is 0 Å². The zero-order chi connectivity index (χ0) is 15.6. The van der Waals surface area contributed by atoms with Crippen molar-refractivity contribution in [3.05, 3.63) is 41.5 Å². The highest BCUT2D eigenvalue weighted by Gasteiger charge is 2.15. The van der Waals surface area contributed by atoms with E-state index in [1.54, 1.807) is 0 Å². The summed E-state index contributed by atoms with van der Waals surface area (Å²) in [5.74, 6) is 1.14. The third-order valence-electron chi connectivity index (χ3n) is 3.50. The molecule has 0 saturated carbocycles. The molecule has 0 aliphatic carbocycles. The molecule has 0 bridgehead atoms. The second kappa shape index (κ2) is 5.92. The van der Waals surface area contributed by atoms with Crippen LogP contribution in [0.5, 0.6) is 5.75 Å². The molecule has 2 aromatic rings. The summed E-state index contributed by atoms with van der Waals surface area (Å²) >= 11 is 0. The van der Waals surface area contributed by atoms with E-state index in [0.29, 0.717) is 11.7 Å². The van der Waals surface area contributed by atoms with Crippen molar-refractivity contribution in [1.29, 1.82) is 5.26 Å². The minimum Gasteiger partial charge on any atom is -0.500 e. The number of benzene rings is 1. The summed E-state index contributed by atoms with van der Waals surface area (Å²) < 4.78 is 12.7. The van der Waals surface area contributed by atoms with Crippen molar-refractivity contribution in [3.8, 4) is 11.8 Å². The molecule has 2 rings (SSSR count). The van der Waals surface area contributed by atoms with Crippen LogP contribution in [-0.2, 0) is 11.8 Å². The number of methoxy groups -OCH3 is 1. The van der Waals surface area contributed by atoms with Gasteiger partial charge < -0.3 is 14.0 Å². The van der Waals surface area contributed by atoms with Crippen molar-refractivity contribution in [2.45, 2.75) is 26.7 Å². The monoisotopic (exact) mass is 284 g/mol. The van der Waals surface area contributed by atoms with Crippen molar-refractivity contribution in [2.75, 3.05) is 7.11 Å². The van der Waals surface area contributed by atoms with Crippen LogP contribution in [0.25, 0.3) is 10.9 Å². The van der Waals surface area contributed by atoms with Gasteiger partial charge in [0.25, 0.3) is 0 Å². The van der Waals surface area contributed by atoms with Gasteiger partial charge >= 0.3 is 0 Å².